The molecule has 6 nitrogen and oxygen atoms in total. The Morgan fingerprint density at radius 3 is 2.67 bits per heavy atom. The van der Waals surface area contributed by atoms with Crippen LogP contribution in [0.2, 0.25) is 0 Å². The first-order chi connectivity index (χ1) is 11.8. The highest BCUT2D eigenvalue weighted by Gasteiger charge is 2.25. The van der Waals surface area contributed by atoms with E-state index in [1.807, 2.05) is 17.0 Å². The van der Waals surface area contributed by atoms with E-state index in [4.69, 9.17) is 4.98 Å². The van der Waals surface area contributed by atoms with Crippen molar-refractivity contribution in [2.24, 2.45) is 0 Å². The number of aromatic nitrogens is 4. The summed E-state index contributed by atoms with van der Waals surface area (Å²) in [5.41, 5.74) is 2.40. The van der Waals surface area contributed by atoms with E-state index in [9.17, 15) is 4.79 Å². The Balaban J connectivity index is 1.46. The molecule has 0 saturated carbocycles. The van der Waals surface area contributed by atoms with Crippen molar-refractivity contribution in [3.8, 4) is 0 Å². The minimum absolute atomic E-state index is 0.00203. The summed E-state index contributed by atoms with van der Waals surface area (Å²) in [5.74, 6) is 0.370. The lowest BCUT2D eigenvalue weighted by Gasteiger charge is -2.31. The Bertz CT molecular complexity index is 859. The number of fused-ring (bicyclic) bond motifs is 1. The number of carbonyl (C=O) groups excluding carboxylic acids is 1. The number of piperidine rings is 1. The molecule has 6 heteroatoms. The van der Waals surface area contributed by atoms with Crippen LogP contribution in [0.5, 0.6) is 0 Å². The minimum atomic E-state index is 0.00203. The largest absolute Gasteiger partial charge is 0.339 e. The lowest BCUT2D eigenvalue weighted by Crippen LogP contribution is -2.38. The molecule has 0 aliphatic carbocycles. The fraction of sp³-hybridized carbons (Fsp3) is 0.278. The average molecular weight is 319 g/mol. The van der Waals surface area contributed by atoms with Crippen LogP contribution in [0.4, 0.5) is 0 Å². The fourth-order valence-corrected chi connectivity index (χ4v) is 3.17. The Labute approximate surface area is 139 Å². The second-order valence-electron chi connectivity index (χ2n) is 5.98. The van der Waals surface area contributed by atoms with Gasteiger partial charge in [-0.05, 0) is 37.1 Å². The molecule has 0 aromatic carbocycles. The first kappa shape index (κ1) is 14.7. The molecule has 0 spiro atoms. The van der Waals surface area contributed by atoms with Gasteiger partial charge in [0.1, 0.15) is 6.33 Å². The predicted octanol–water partition coefficient (Wildman–Crippen LogP) is 2.44. The number of hydrogen-bond acceptors (Lipinski definition) is 5. The van der Waals surface area contributed by atoms with E-state index in [1.54, 1.807) is 18.6 Å². The summed E-state index contributed by atoms with van der Waals surface area (Å²) >= 11 is 0. The van der Waals surface area contributed by atoms with Crippen molar-refractivity contribution in [2.75, 3.05) is 13.1 Å². The zero-order chi connectivity index (χ0) is 16.4. The van der Waals surface area contributed by atoms with E-state index in [1.165, 1.54) is 6.33 Å². The maximum atomic E-state index is 12.4. The second kappa shape index (κ2) is 6.31. The lowest BCUT2D eigenvalue weighted by atomic mass is 9.92. The summed E-state index contributed by atoms with van der Waals surface area (Å²) in [6, 6.07) is 8.09. The normalized spacial score (nSPS) is 15.6. The van der Waals surface area contributed by atoms with Crippen molar-refractivity contribution >= 4 is 16.9 Å². The molecule has 1 aliphatic rings. The molecule has 0 bridgehead atoms. The number of carbonyl (C=O) groups is 1. The molecule has 0 unspecified atom stereocenters. The number of likely N-dealkylation sites (tertiary alicyclic amines) is 1. The second-order valence-corrected chi connectivity index (χ2v) is 5.98. The summed E-state index contributed by atoms with van der Waals surface area (Å²) in [6.45, 7) is 1.45. The smallest absolute Gasteiger partial charge is 0.256 e. The van der Waals surface area contributed by atoms with Crippen LogP contribution in [0.15, 0.2) is 49.2 Å². The van der Waals surface area contributed by atoms with Crippen LogP contribution in [0, 0.1) is 0 Å². The van der Waals surface area contributed by atoms with Crippen molar-refractivity contribution in [3.63, 3.8) is 0 Å². The maximum absolute atomic E-state index is 12.4. The van der Waals surface area contributed by atoms with E-state index in [0.29, 0.717) is 11.5 Å². The van der Waals surface area contributed by atoms with E-state index in [-0.39, 0.29) is 5.91 Å². The van der Waals surface area contributed by atoms with Crippen LogP contribution in [0.1, 0.15) is 34.8 Å². The van der Waals surface area contributed by atoms with Gasteiger partial charge in [0.05, 0.1) is 5.56 Å². The SMILES string of the molecule is O=C(c1cncnc1)N1CCC(c2ccc3cccnc3n2)CC1. The fourth-order valence-electron chi connectivity index (χ4n) is 3.17. The van der Waals surface area contributed by atoms with Gasteiger partial charge in [-0.3, -0.25) is 4.79 Å². The van der Waals surface area contributed by atoms with Gasteiger partial charge in [0.15, 0.2) is 5.65 Å². The van der Waals surface area contributed by atoms with Crippen molar-refractivity contribution in [3.05, 3.63) is 60.4 Å². The first-order valence-corrected chi connectivity index (χ1v) is 8.07. The Morgan fingerprint density at radius 2 is 1.88 bits per heavy atom. The molecule has 120 valence electrons. The molecular formula is C18H17N5O. The average Bonchev–Trinajstić information content (AvgIpc) is 2.68. The number of rotatable bonds is 2. The zero-order valence-electron chi connectivity index (χ0n) is 13.2. The molecule has 3 aromatic rings. The molecule has 1 amide bonds. The summed E-state index contributed by atoms with van der Waals surface area (Å²) in [5, 5.41) is 1.05. The van der Waals surface area contributed by atoms with Crippen LogP contribution >= 0.6 is 0 Å². The number of nitrogens with zero attached hydrogens (tertiary/aromatic N) is 5. The summed E-state index contributed by atoms with van der Waals surface area (Å²) in [7, 11) is 0. The molecular weight excluding hydrogens is 302 g/mol. The van der Waals surface area contributed by atoms with E-state index >= 15 is 0 Å². The van der Waals surface area contributed by atoms with Crippen LogP contribution < -0.4 is 0 Å². The van der Waals surface area contributed by atoms with Gasteiger partial charge in [0.25, 0.3) is 5.91 Å². The summed E-state index contributed by atoms with van der Waals surface area (Å²) < 4.78 is 0. The quantitative estimate of drug-likeness (QED) is 0.725. The van der Waals surface area contributed by atoms with Gasteiger partial charge in [0, 0.05) is 48.7 Å². The molecule has 0 atom stereocenters. The Hall–Kier alpha value is -2.89. The van der Waals surface area contributed by atoms with Crippen LogP contribution in [0.3, 0.4) is 0 Å². The molecule has 0 N–H and O–H groups in total. The van der Waals surface area contributed by atoms with Crippen molar-refractivity contribution in [2.45, 2.75) is 18.8 Å². The monoisotopic (exact) mass is 319 g/mol. The van der Waals surface area contributed by atoms with Crippen molar-refractivity contribution in [1.82, 2.24) is 24.8 Å². The number of hydrogen-bond donors (Lipinski definition) is 0. The highest BCUT2D eigenvalue weighted by atomic mass is 16.2. The third-order valence-electron chi connectivity index (χ3n) is 4.49. The summed E-state index contributed by atoms with van der Waals surface area (Å²) in [4.78, 5) is 31.2. The lowest BCUT2D eigenvalue weighted by molar-refractivity contribution is 0.0711. The van der Waals surface area contributed by atoms with Gasteiger partial charge in [-0.25, -0.2) is 19.9 Å². The third-order valence-corrected chi connectivity index (χ3v) is 4.49. The van der Waals surface area contributed by atoms with Gasteiger partial charge in [0.2, 0.25) is 0 Å². The van der Waals surface area contributed by atoms with Crippen LogP contribution in [-0.2, 0) is 0 Å². The molecule has 4 rings (SSSR count). The topological polar surface area (TPSA) is 71.9 Å². The molecule has 3 aromatic heterocycles. The molecule has 1 fully saturated rings. The van der Waals surface area contributed by atoms with Crippen molar-refractivity contribution in [1.29, 1.82) is 0 Å². The molecule has 24 heavy (non-hydrogen) atoms. The molecule has 1 aliphatic heterocycles. The molecule has 4 heterocycles. The maximum Gasteiger partial charge on any atom is 0.256 e. The van der Waals surface area contributed by atoms with Crippen LogP contribution in [0.25, 0.3) is 11.0 Å². The summed E-state index contributed by atoms with van der Waals surface area (Å²) in [6.07, 6.45) is 8.15. The van der Waals surface area contributed by atoms with Gasteiger partial charge in [-0.1, -0.05) is 0 Å². The van der Waals surface area contributed by atoms with E-state index < -0.39 is 0 Å². The highest BCUT2D eigenvalue weighted by Crippen LogP contribution is 2.28. The third kappa shape index (κ3) is 2.82. The van der Waals surface area contributed by atoms with Gasteiger partial charge >= 0.3 is 0 Å². The Morgan fingerprint density at radius 1 is 1.08 bits per heavy atom. The van der Waals surface area contributed by atoms with Gasteiger partial charge in [-0.15, -0.1) is 0 Å². The van der Waals surface area contributed by atoms with Crippen molar-refractivity contribution < 1.29 is 4.79 Å². The number of amides is 1. The molecule has 0 radical (unpaired) electrons. The van der Waals surface area contributed by atoms with E-state index in [0.717, 1.165) is 42.7 Å². The first-order valence-electron chi connectivity index (χ1n) is 8.07. The van der Waals surface area contributed by atoms with Gasteiger partial charge in [-0.2, -0.15) is 0 Å². The minimum Gasteiger partial charge on any atom is -0.339 e. The van der Waals surface area contributed by atoms with Crippen LogP contribution in [-0.4, -0.2) is 43.8 Å². The zero-order valence-corrected chi connectivity index (χ0v) is 13.2. The predicted molar refractivity (Wildman–Crippen MR) is 89.4 cm³/mol. The Kier molecular flexibility index (Phi) is 3.86. The van der Waals surface area contributed by atoms with E-state index in [2.05, 4.69) is 27.1 Å². The van der Waals surface area contributed by atoms with Gasteiger partial charge < -0.3 is 4.90 Å². The highest BCUT2D eigenvalue weighted by molar-refractivity contribution is 5.93. The number of pyridine rings is 2. The molecule has 1 saturated heterocycles. The standard InChI is InChI=1S/C18H17N5O/c24-18(15-10-19-12-20-11-15)23-8-5-13(6-9-23)16-4-3-14-2-1-7-21-17(14)22-16/h1-4,7,10-13H,5-6,8-9H2.